The van der Waals surface area contributed by atoms with Crippen LogP contribution in [0.25, 0.3) is 0 Å². The number of halogens is 2. The Kier molecular flexibility index (Phi) is 5.37. The smallest absolute Gasteiger partial charge is 0.306 e. The second-order valence-electron chi connectivity index (χ2n) is 3.82. The zero-order valence-corrected chi connectivity index (χ0v) is 10.2. The summed E-state index contributed by atoms with van der Waals surface area (Å²) < 4.78 is 30.7. The highest BCUT2D eigenvalue weighted by Crippen LogP contribution is 2.08. The van der Waals surface area contributed by atoms with E-state index in [9.17, 15) is 18.4 Å². The molecule has 2 N–H and O–H groups in total. The summed E-state index contributed by atoms with van der Waals surface area (Å²) >= 11 is 0. The largest absolute Gasteiger partial charge is 0.481 e. The van der Waals surface area contributed by atoms with E-state index in [0.717, 1.165) is 12.1 Å². The van der Waals surface area contributed by atoms with Gasteiger partial charge in [-0.05, 0) is 12.1 Å². The molecule has 0 aliphatic rings. The number of rotatable bonds is 6. The SMILES string of the molecule is COC(CNC(=O)c1cc(F)cc(F)c1)CC(=O)O. The lowest BCUT2D eigenvalue weighted by Gasteiger charge is -2.14. The van der Waals surface area contributed by atoms with Gasteiger partial charge in [0.1, 0.15) is 11.6 Å². The standard InChI is InChI=1S/C12H13F2NO4/c1-19-10(5-11(16)17)6-15-12(18)7-2-8(13)4-9(14)3-7/h2-4,10H,5-6H2,1H3,(H,15,18)(H,16,17). The highest BCUT2D eigenvalue weighted by Gasteiger charge is 2.15. The van der Waals surface area contributed by atoms with Crippen LogP contribution in [0.1, 0.15) is 16.8 Å². The van der Waals surface area contributed by atoms with E-state index >= 15 is 0 Å². The summed E-state index contributed by atoms with van der Waals surface area (Å²) in [5, 5.41) is 10.9. The number of aliphatic carboxylic acids is 1. The van der Waals surface area contributed by atoms with Crippen molar-refractivity contribution in [2.75, 3.05) is 13.7 Å². The number of carboxylic acid groups (broad SMARTS) is 1. The van der Waals surface area contributed by atoms with Crippen LogP contribution in [0.4, 0.5) is 8.78 Å². The second-order valence-corrected chi connectivity index (χ2v) is 3.82. The molecule has 1 atom stereocenters. The zero-order chi connectivity index (χ0) is 14.4. The number of amides is 1. The number of ether oxygens (including phenoxy) is 1. The van der Waals surface area contributed by atoms with Crippen molar-refractivity contribution in [1.82, 2.24) is 5.32 Å². The number of carboxylic acids is 1. The molecular formula is C12H13F2NO4. The maximum Gasteiger partial charge on any atom is 0.306 e. The van der Waals surface area contributed by atoms with Gasteiger partial charge in [-0.25, -0.2) is 8.78 Å². The van der Waals surface area contributed by atoms with Gasteiger partial charge < -0.3 is 15.2 Å². The predicted octanol–water partition coefficient (Wildman–Crippen LogP) is 1.18. The molecule has 0 aliphatic carbocycles. The Morgan fingerprint density at radius 2 is 1.89 bits per heavy atom. The van der Waals surface area contributed by atoms with Crippen LogP contribution >= 0.6 is 0 Å². The minimum Gasteiger partial charge on any atom is -0.481 e. The van der Waals surface area contributed by atoms with Gasteiger partial charge in [0.2, 0.25) is 0 Å². The van der Waals surface area contributed by atoms with Gasteiger partial charge >= 0.3 is 5.97 Å². The molecule has 1 unspecified atom stereocenters. The molecule has 104 valence electrons. The third kappa shape index (κ3) is 5.01. The molecule has 1 amide bonds. The van der Waals surface area contributed by atoms with Gasteiger partial charge in [-0.15, -0.1) is 0 Å². The van der Waals surface area contributed by atoms with Crippen LogP contribution in [0, 0.1) is 11.6 Å². The molecule has 0 aliphatic heterocycles. The fourth-order valence-electron chi connectivity index (χ4n) is 1.43. The number of carbonyl (C=O) groups excluding carboxylic acids is 1. The average Bonchev–Trinajstić information content (AvgIpc) is 2.32. The number of carbonyl (C=O) groups is 2. The summed E-state index contributed by atoms with van der Waals surface area (Å²) in [6.45, 7) is -0.0697. The molecule has 1 aromatic rings. The molecule has 0 fully saturated rings. The van der Waals surface area contributed by atoms with E-state index in [-0.39, 0.29) is 18.5 Å². The zero-order valence-electron chi connectivity index (χ0n) is 10.2. The van der Waals surface area contributed by atoms with Crippen molar-refractivity contribution < 1.29 is 28.2 Å². The average molecular weight is 273 g/mol. The number of hydrogen-bond donors (Lipinski definition) is 2. The number of methoxy groups -OCH3 is 1. The normalized spacial score (nSPS) is 11.9. The first-order valence-electron chi connectivity index (χ1n) is 5.41. The van der Waals surface area contributed by atoms with Crippen LogP contribution in [0.15, 0.2) is 18.2 Å². The molecule has 0 aromatic heterocycles. The Bertz CT molecular complexity index is 459. The van der Waals surface area contributed by atoms with Crippen LogP contribution in [-0.4, -0.2) is 36.7 Å². The fraction of sp³-hybridized carbons (Fsp3) is 0.333. The van der Waals surface area contributed by atoms with Gasteiger partial charge in [0.15, 0.2) is 0 Å². The predicted molar refractivity (Wildman–Crippen MR) is 61.7 cm³/mol. The molecular weight excluding hydrogens is 260 g/mol. The van der Waals surface area contributed by atoms with Crippen LogP contribution in [0.3, 0.4) is 0 Å². The van der Waals surface area contributed by atoms with Gasteiger partial charge in [-0.2, -0.15) is 0 Å². The Morgan fingerprint density at radius 3 is 2.37 bits per heavy atom. The summed E-state index contributed by atoms with van der Waals surface area (Å²) in [5.74, 6) is -3.50. The summed E-state index contributed by atoms with van der Waals surface area (Å²) in [4.78, 5) is 22.1. The summed E-state index contributed by atoms with van der Waals surface area (Å²) in [6.07, 6.45) is -0.992. The van der Waals surface area contributed by atoms with Gasteiger partial charge in [0.25, 0.3) is 5.91 Å². The molecule has 0 spiro atoms. The third-order valence-corrected chi connectivity index (χ3v) is 2.35. The fourth-order valence-corrected chi connectivity index (χ4v) is 1.43. The van der Waals surface area contributed by atoms with Gasteiger partial charge in [-0.3, -0.25) is 9.59 Å². The van der Waals surface area contributed by atoms with E-state index < -0.39 is 29.6 Å². The number of nitrogens with one attached hydrogen (secondary N) is 1. The minimum absolute atomic E-state index is 0.0697. The maximum absolute atomic E-state index is 12.9. The first kappa shape index (κ1) is 15.0. The van der Waals surface area contributed by atoms with Crippen LogP contribution in [0.5, 0.6) is 0 Å². The van der Waals surface area contributed by atoms with Crippen molar-refractivity contribution in [3.05, 3.63) is 35.4 Å². The quantitative estimate of drug-likeness (QED) is 0.816. The molecule has 1 aromatic carbocycles. The first-order chi connectivity index (χ1) is 8.92. The highest BCUT2D eigenvalue weighted by atomic mass is 19.1. The van der Waals surface area contributed by atoms with Crippen LogP contribution in [0.2, 0.25) is 0 Å². The lowest BCUT2D eigenvalue weighted by molar-refractivity contribution is -0.139. The molecule has 19 heavy (non-hydrogen) atoms. The molecule has 1 rings (SSSR count). The summed E-state index contributed by atoms with van der Waals surface area (Å²) in [7, 11) is 1.31. The van der Waals surface area contributed by atoms with Crippen molar-refractivity contribution in [1.29, 1.82) is 0 Å². The van der Waals surface area contributed by atoms with Gasteiger partial charge in [-0.1, -0.05) is 0 Å². The Morgan fingerprint density at radius 1 is 1.32 bits per heavy atom. The summed E-state index contributed by atoms with van der Waals surface area (Å²) in [5.41, 5.74) is -0.178. The monoisotopic (exact) mass is 273 g/mol. The van der Waals surface area contributed by atoms with Crippen molar-refractivity contribution >= 4 is 11.9 Å². The lowest BCUT2D eigenvalue weighted by Crippen LogP contribution is -2.34. The van der Waals surface area contributed by atoms with Gasteiger partial charge in [0.05, 0.1) is 12.5 Å². The van der Waals surface area contributed by atoms with E-state index in [1.807, 2.05) is 0 Å². The number of benzene rings is 1. The topological polar surface area (TPSA) is 75.6 Å². The number of hydrogen-bond acceptors (Lipinski definition) is 3. The van der Waals surface area contributed by atoms with Crippen LogP contribution in [-0.2, 0) is 9.53 Å². The summed E-state index contributed by atoms with van der Waals surface area (Å²) in [6, 6.07) is 2.42. The lowest BCUT2D eigenvalue weighted by atomic mass is 10.2. The van der Waals surface area contributed by atoms with Crippen molar-refractivity contribution in [3.8, 4) is 0 Å². The minimum atomic E-state index is -1.07. The van der Waals surface area contributed by atoms with E-state index in [4.69, 9.17) is 9.84 Å². The highest BCUT2D eigenvalue weighted by molar-refractivity contribution is 5.94. The Balaban J connectivity index is 2.61. The molecule has 0 bridgehead atoms. The van der Waals surface area contributed by atoms with Crippen LogP contribution < -0.4 is 5.32 Å². The molecule has 0 heterocycles. The van der Waals surface area contributed by atoms with E-state index in [0.29, 0.717) is 6.07 Å². The second kappa shape index (κ2) is 6.79. The van der Waals surface area contributed by atoms with Crippen molar-refractivity contribution in [2.24, 2.45) is 0 Å². The molecule has 0 saturated heterocycles. The van der Waals surface area contributed by atoms with E-state index in [1.165, 1.54) is 7.11 Å². The Hall–Kier alpha value is -2.02. The first-order valence-corrected chi connectivity index (χ1v) is 5.41. The van der Waals surface area contributed by atoms with Crippen molar-refractivity contribution in [2.45, 2.75) is 12.5 Å². The molecule has 5 nitrogen and oxygen atoms in total. The van der Waals surface area contributed by atoms with Crippen molar-refractivity contribution in [3.63, 3.8) is 0 Å². The maximum atomic E-state index is 12.9. The van der Waals surface area contributed by atoms with Gasteiger partial charge in [0, 0.05) is 25.3 Å². The molecule has 0 radical (unpaired) electrons. The van der Waals surface area contributed by atoms with E-state index in [1.54, 1.807) is 0 Å². The Labute approximate surface area is 108 Å². The molecule has 0 saturated carbocycles. The molecule has 7 heteroatoms. The van der Waals surface area contributed by atoms with E-state index in [2.05, 4.69) is 5.32 Å². The third-order valence-electron chi connectivity index (χ3n) is 2.35.